The van der Waals surface area contributed by atoms with Gasteiger partial charge in [-0.05, 0) is 30.7 Å². The number of hydrogen-bond donors (Lipinski definition) is 1. The first-order valence-electron chi connectivity index (χ1n) is 7.67. The van der Waals surface area contributed by atoms with Gasteiger partial charge in [-0.1, -0.05) is 0 Å². The molecule has 1 fully saturated rings. The van der Waals surface area contributed by atoms with Crippen molar-refractivity contribution in [2.75, 3.05) is 57.9 Å². The molecule has 0 aromatic heterocycles. The Hall–Kier alpha value is -1.66. The van der Waals surface area contributed by atoms with Crippen LogP contribution in [0.5, 0.6) is 0 Å². The molecule has 0 saturated carbocycles. The lowest BCUT2D eigenvalue weighted by atomic mass is 10.2. The standard InChI is InChI=1S/C16H24FN3O2/c1-22-12-2-7-18-16(21)13-19-8-10-20(11-9-19)15-5-3-14(17)4-6-15/h3-6H,2,7-13H2,1H3,(H,18,21). The predicted molar refractivity (Wildman–Crippen MR) is 84.6 cm³/mol. The summed E-state index contributed by atoms with van der Waals surface area (Å²) in [5, 5.41) is 2.90. The van der Waals surface area contributed by atoms with Crippen molar-refractivity contribution in [3.8, 4) is 0 Å². The highest BCUT2D eigenvalue weighted by atomic mass is 19.1. The molecule has 1 N–H and O–H groups in total. The van der Waals surface area contributed by atoms with E-state index in [0.29, 0.717) is 19.7 Å². The Bertz CT molecular complexity index is 459. The fourth-order valence-electron chi connectivity index (χ4n) is 2.52. The largest absolute Gasteiger partial charge is 0.385 e. The van der Waals surface area contributed by atoms with Crippen molar-refractivity contribution in [1.82, 2.24) is 10.2 Å². The summed E-state index contributed by atoms with van der Waals surface area (Å²) in [5.41, 5.74) is 1.03. The minimum atomic E-state index is -0.215. The molecule has 1 aromatic carbocycles. The number of anilines is 1. The molecule has 1 saturated heterocycles. The molecule has 0 aliphatic carbocycles. The molecule has 0 unspecified atom stereocenters. The molecule has 22 heavy (non-hydrogen) atoms. The second-order valence-corrected chi connectivity index (χ2v) is 5.44. The van der Waals surface area contributed by atoms with Crippen LogP contribution in [0.1, 0.15) is 6.42 Å². The minimum absolute atomic E-state index is 0.0614. The molecule has 1 amide bonds. The van der Waals surface area contributed by atoms with Crippen LogP contribution < -0.4 is 10.2 Å². The van der Waals surface area contributed by atoms with Gasteiger partial charge in [0.15, 0.2) is 0 Å². The first-order valence-corrected chi connectivity index (χ1v) is 7.67. The molecule has 2 rings (SSSR count). The van der Waals surface area contributed by atoms with Crippen LogP contribution in [0.25, 0.3) is 0 Å². The van der Waals surface area contributed by atoms with Crippen LogP contribution >= 0.6 is 0 Å². The number of nitrogens with zero attached hydrogens (tertiary/aromatic N) is 2. The Morgan fingerprint density at radius 1 is 1.23 bits per heavy atom. The van der Waals surface area contributed by atoms with Crippen LogP contribution in [-0.4, -0.2) is 63.8 Å². The Morgan fingerprint density at radius 3 is 2.55 bits per heavy atom. The number of nitrogens with one attached hydrogen (secondary N) is 1. The van der Waals surface area contributed by atoms with Crippen molar-refractivity contribution < 1.29 is 13.9 Å². The van der Waals surface area contributed by atoms with Crippen LogP contribution in [0.15, 0.2) is 24.3 Å². The van der Waals surface area contributed by atoms with E-state index in [2.05, 4.69) is 15.1 Å². The third kappa shape index (κ3) is 5.27. The monoisotopic (exact) mass is 309 g/mol. The van der Waals surface area contributed by atoms with Gasteiger partial charge in [0, 0.05) is 52.1 Å². The van der Waals surface area contributed by atoms with Crippen LogP contribution in [0, 0.1) is 5.82 Å². The maximum Gasteiger partial charge on any atom is 0.234 e. The average Bonchev–Trinajstić information content (AvgIpc) is 2.53. The van der Waals surface area contributed by atoms with Crippen molar-refractivity contribution in [1.29, 1.82) is 0 Å². The zero-order chi connectivity index (χ0) is 15.8. The van der Waals surface area contributed by atoms with E-state index in [-0.39, 0.29) is 11.7 Å². The van der Waals surface area contributed by atoms with Crippen molar-refractivity contribution in [2.24, 2.45) is 0 Å². The molecule has 0 radical (unpaired) electrons. The van der Waals surface area contributed by atoms with E-state index in [4.69, 9.17) is 4.74 Å². The molecule has 1 heterocycles. The Kier molecular flexibility index (Phi) is 6.61. The number of ether oxygens (including phenoxy) is 1. The summed E-state index contributed by atoms with van der Waals surface area (Å²) in [5.74, 6) is -0.154. The van der Waals surface area contributed by atoms with Crippen molar-refractivity contribution >= 4 is 11.6 Å². The summed E-state index contributed by atoms with van der Waals surface area (Å²) >= 11 is 0. The van der Waals surface area contributed by atoms with Gasteiger partial charge in [0.2, 0.25) is 5.91 Å². The first-order chi connectivity index (χ1) is 10.7. The molecule has 0 atom stereocenters. The van der Waals surface area contributed by atoms with Crippen LogP contribution in [0.2, 0.25) is 0 Å². The van der Waals surface area contributed by atoms with E-state index in [1.54, 1.807) is 19.2 Å². The normalized spacial score (nSPS) is 15.8. The van der Waals surface area contributed by atoms with Gasteiger partial charge in [-0.3, -0.25) is 9.69 Å². The smallest absolute Gasteiger partial charge is 0.234 e. The molecular formula is C16H24FN3O2. The minimum Gasteiger partial charge on any atom is -0.385 e. The summed E-state index contributed by atoms with van der Waals surface area (Å²) in [7, 11) is 1.66. The van der Waals surface area contributed by atoms with Gasteiger partial charge in [-0.2, -0.15) is 0 Å². The Morgan fingerprint density at radius 2 is 1.91 bits per heavy atom. The van der Waals surface area contributed by atoms with Crippen LogP contribution in [-0.2, 0) is 9.53 Å². The fourth-order valence-corrected chi connectivity index (χ4v) is 2.52. The van der Waals surface area contributed by atoms with Gasteiger partial charge in [0.25, 0.3) is 0 Å². The molecule has 0 bridgehead atoms. The van der Waals surface area contributed by atoms with E-state index in [9.17, 15) is 9.18 Å². The van der Waals surface area contributed by atoms with E-state index in [1.807, 2.05) is 0 Å². The Labute approximate surface area is 131 Å². The van der Waals surface area contributed by atoms with Gasteiger partial charge in [0.05, 0.1) is 6.54 Å². The van der Waals surface area contributed by atoms with Crippen LogP contribution in [0.3, 0.4) is 0 Å². The zero-order valence-electron chi connectivity index (χ0n) is 13.1. The van der Waals surface area contributed by atoms with Crippen molar-refractivity contribution in [3.63, 3.8) is 0 Å². The molecule has 0 spiro atoms. The summed E-state index contributed by atoms with van der Waals surface area (Å²) in [6.45, 7) is 5.12. The van der Waals surface area contributed by atoms with Crippen LogP contribution in [0.4, 0.5) is 10.1 Å². The lowest BCUT2D eigenvalue weighted by molar-refractivity contribution is -0.122. The third-order valence-electron chi connectivity index (χ3n) is 3.78. The highest BCUT2D eigenvalue weighted by molar-refractivity contribution is 5.78. The lowest BCUT2D eigenvalue weighted by Crippen LogP contribution is -2.49. The number of halogens is 1. The number of piperazine rings is 1. The van der Waals surface area contributed by atoms with E-state index < -0.39 is 0 Å². The SMILES string of the molecule is COCCCNC(=O)CN1CCN(c2ccc(F)cc2)CC1. The fraction of sp³-hybridized carbons (Fsp3) is 0.562. The number of rotatable bonds is 7. The Balaban J connectivity index is 1.68. The second kappa shape index (κ2) is 8.70. The van der Waals surface area contributed by atoms with Crippen molar-refractivity contribution in [2.45, 2.75) is 6.42 Å². The average molecular weight is 309 g/mol. The molecule has 6 heteroatoms. The molecule has 1 aromatic rings. The summed E-state index contributed by atoms with van der Waals surface area (Å²) in [6.07, 6.45) is 0.834. The highest BCUT2D eigenvalue weighted by Crippen LogP contribution is 2.16. The van der Waals surface area contributed by atoms with E-state index in [1.165, 1.54) is 12.1 Å². The maximum absolute atomic E-state index is 12.9. The third-order valence-corrected chi connectivity index (χ3v) is 3.78. The summed E-state index contributed by atoms with van der Waals surface area (Å²) in [4.78, 5) is 16.2. The van der Waals surface area contributed by atoms with Gasteiger partial charge in [-0.25, -0.2) is 4.39 Å². The second-order valence-electron chi connectivity index (χ2n) is 5.44. The first kappa shape index (κ1) is 16.7. The summed E-state index contributed by atoms with van der Waals surface area (Å²) in [6, 6.07) is 6.56. The summed E-state index contributed by atoms with van der Waals surface area (Å²) < 4.78 is 17.9. The molecule has 122 valence electrons. The van der Waals surface area contributed by atoms with E-state index in [0.717, 1.165) is 38.3 Å². The van der Waals surface area contributed by atoms with Crippen molar-refractivity contribution in [3.05, 3.63) is 30.1 Å². The number of benzene rings is 1. The van der Waals surface area contributed by atoms with Gasteiger partial charge >= 0.3 is 0 Å². The number of amides is 1. The van der Waals surface area contributed by atoms with Gasteiger partial charge in [0.1, 0.15) is 5.82 Å². The quantitative estimate of drug-likeness (QED) is 0.766. The van der Waals surface area contributed by atoms with Gasteiger partial charge in [-0.15, -0.1) is 0 Å². The number of carbonyl (C=O) groups is 1. The van der Waals surface area contributed by atoms with E-state index >= 15 is 0 Å². The lowest BCUT2D eigenvalue weighted by Gasteiger charge is -2.35. The number of carbonyl (C=O) groups excluding carboxylic acids is 1. The zero-order valence-corrected chi connectivity index (χ0v) is 13.1. The number of hydrogen-bond acceptors (Lipinski definition) is 4. The molecule has 1 aliphatic heterocycles. The maximum atomic E-state index is 12.9. The molecular weight excluding hydrogens is 285 g/mol. The molecule has 1 aliphatic rings. The highest BCUT2D eigenvalue weighted by Gasteiger charge is 2.19. The topological polar surface area (TPSA) is 44.8 Å². The van der Waals surface area contributed by atoms with Gasteiger partial charge < -0.3 is 15.0 Å². The predicted octanol–water partition coefficient (Wildman–Crippen LogP) is 1.10. The molecule has 5 nitrogen and oxygen atoms in total. The number of methoxy groups -OCH3 is 1.